The molecule has 0 spiro atoms. The summed E-state index contributed by atoms with van der Waals surface area (Å²) in [6.07, 6.45) is 4.82. The number of ether oxygens (including phenoxy) is 5. The van der Waals surface area contributed by atoms with Crippen LogP contribution in [0.4, 0.5) is 0 Å². The minimum Gasteiger partial charge on any atom is -0.493 e. The number of piperidine rings is 1. The van der Waals surface area contributed by atoms with Gasteiger partial charge in [0.05, 0.1) is 26.9 Å². The normalized spacial score (nSPS) is 16.3. The van der Waals surface area contributed by atoms with Crippen LogP contribution in [0.1, 0.15) is 35.2 Å². The first-order chi connectivity index (χ1) is 16.0. The molecule has 33 heavy (non-hydrogen) atoms. The summed E-state index contributed by atoms with van der Waals surface area (Å²) in [6, 6.07) is 8.43. The summed E-state index contributed by atoms with van der Waals surface area (Å²) in [4.78, 5) is 27.0. The zero-order valence-corrected chi connectivity index (χ0v) is 19.0. The second kappa shape index (κ2) is 9.85. The highest BCUT2D eigenvalue weighted by atomic mass is 16.5. The van der Waals surface area contributed by atoms with Crippen LogP contribution in [0.3, 0.4) is 0 Å². The van der Waals surface area contributed by atoms with Crippen LogP contribution in [0.5, 0.6) is 28.7 Å². The van der Waals surface area contributed by atoms with E-state index in [0.717, 1.165) is 32.4 Å². The van der Waals surface area contributed by atoms with Crippen LogP contribution in [-0.4, -0.2) is 57.6 Å². The zero-order valence-electron chi connectivity index (χ0n) is 19.0. The number of likely N-dealkylation sites (tertiary alicyclic amines) is 1. The van der Waals surface area contributed by atoms with Gasteiger partial charge < -0.3 is 28.6 Å². The van der Waals surface area contributed by atoms with Crippen molar-refractivity contribution in [3.05, 3.63) is 47.2 Å². The number of Topliss-reactive ketones (excluding diaryl/α,β-unsaturated/α-hetero) is 1. The van der Waals surface area contributed by atoms with E-state index in [1.807, 2.05) is 4.90 Å². The number of carbonyl (C=O) groups is 2. The summed E-state index contributed by atoms with van der Waals surface area (Å²) in [5, 5.41) is 0. The molecule has 0 unspecified atom stereocenters. The van der Waals surface area contributed by atoms with Gasteiger partial charge in [0, 0.05) is 24.7 Å². The van der Waals surface area contributed by atoms with Crippen molar-refractivity contribution >= 4 is 17.8 Å². The molecule has 2 heterocycles. The minimum absolute atomic E-state index is 0.0340. The Kier molecular flexibility index (Phi) is 6.72. The van der Waals surface area contributed by atoms with E-state index in [0.29, 0.717) is 39.9 Å². The van der Waals surface area contributed by atoms with Gasteiger partial charge in [0.1, 0.15) is 11.5 Å². The van der Waals surface area contributed by atoms with Gasteiger partial charge in [-0.2, -0.15) is 0 Å². The van der Waals surface area contributed by atoms with E-state index >= 15 is 0 Å². The van der Waals surface area contributed by atoms with E-state index in [1.165, 1.54) is 21.3 Å². The monoisotopic (exact) mass is 453 g/mol. The Hall–Kier alpha value is -3.68. The Morgan fingerprint density at radius 1 is 1.00 bits per heavy atom. The molecule has 0 atom stereocenters. The Balaban J connectivity index is 1.51. The Bertz CT molecular complexity index is 1090. The van der Waals surface area contributed by atoms with Crippen molar-refractivity contribution in [1.82, 2.24) is 4.90 Å². The van der Waals surface area contributed by atoms with E-state index in [9.17, 15) is 9.59 Å². The van der Waals surface area contributed by atoms with Crippen molar-refractivity contribution in [2.45, 2.75) is 19.3 Å². The summed E-state index contributed by atoms with van der Waals surface area (Å²) in [7, 11) is 4.57. The van der Waals surface area contributed by atoms with Gasteiger partial charge in [-0.1, -0.05) is 0 Å². The second-order valence-electron chi connectivity index (χ2n) is 7.75. The van der Waals surface area contributed by atoms with Gasteiger partial charge in [-0.15, -0.1) is 0 Å². The summed E-state index contributed by atoms with van der Waals surface area (Å²) in [6.45, 7) is 1.51. The van der Waals surface area contributed by atoms with E-state index in [-0.39, 0.29) is 24.1 Å². The Morgan fingerprint density at radius 2 is 1.76 bits per heavy atom. The first-order valence-corrected chi connectivity index (χ1v) is 10.8. The lowest BCUT2D eigenvalue weighted by Gasteiger charge is -2.26. The van der Waals surface area contributed by atoms with Crippen LogP contribution in [-0.2, 0) is 4.79 Å². The smallest absolute Gasteiger partial charge is 0.260 e. The van der Waals surface area contributed by atoms with Crippen LogP contribution in [0, 0.1) is 0 Å². The molecular formula is C25H27NO7. The van der Waals surface area contributed by atoms with Gasteiger partial charge in [0.2, 0.25) is 11.5 Å². The van der Waals surface area contributed by atoms with Gasteiger partial charge >= 0.3 is 0 Å². The summed E-state index contributed by atoms with van der Waals surface area (Å²) in [5.41, 5.74) is 1.03. The van der Waals surface area contributed by atoms with Gasteiger partial charge in [0.25, 0.3) is 5.91 Å². The lowest BCUT2D eigenvalue weighted by Crippen LogP contribution is -2.38. The maximum atomic E-state index is 12.9. The Labute approximate surface area is 192 Å². The second-order valence-corrected chi connectivity index (χ2v) is 7.75. The lowest BCUT2D eigenvalue weighted by molar-refractivity contribution is -0.134. The molecule has 4 rings (SSSR count). The van der Waals surface area contributed by atoms with Crippen molar-refractivity contribution in [1.29, 1.82) is 0 Å². The molecule has 8 nitrogen and oxygen atoms in total. The SMILES string of the molecule is COc1ccc(C=C2Oc3cc(OCC(=O)N4CCCCC4)ccc3C2=O)c(OC)c1OC. The maximum absolute atomic E-state index is 12.9. The van der Waals surface area contributed by atoms with E-state index in [1.54, 1.807) is 36.4 Å². The average molecular weight is 453 g/mol. The minimum atomic E-state index is -0.252. The highest BCUT2D eigenvalue weighted by Gasteiger charge is 2.29. The molecule has 2 aliphatic rings. The van der Waals surface area contributed by atoms with Gasteiger partial charge in [0.15, 0.2) is 23.9 Å². The molecule has 2 aliphatic heterocycles. The number of ketones is 1. The number of benzene rings is 2. The number of allylic oxidation sites excluding steroid dienone is 1. The first kappa shape index (κ1) is 22.5. The van der Waals surface area contributed by atoms with Gasteiger partial charge in [-0.3, -0.25) is 9.59 Å². The van der Waals surface area contributed by atoms with Crippen molar-refractivity contribution in [2.75, 3.05) is 41.0 Å². The van der Waals surface area contributed by atoms with Crippen molar-refractivity contribution in [2.24, 2.45) is 0 Å². The quantitative estimate of drug-likeness (QED) is 0.591. The standard InChI is InChI=1S/C25H27NO7/c1-29-19-10-7-16(24(30-2)25(19)31-3)13-21-23(28)18-9-8-17(14-20(18)33-21)32-15-22(27)26-11-5-4-6-12-26/h7-10,13-14H,4-6,11-12,15H2,1-3H3. The fourth-order valence-corrected chi connectivity index (χ4v) is 4.02. The predicted octanol–water partition coefficient (Wildman–Crippen LogP) is 3.72. The number of hydrogen-bond acceptors (Lipinski definition) is 7. The van der Waals surface area contributed by atoms with Crippen LogP contribution in [0.25, 0.3) is 6.08 Å². The molecule has 2 aromatic rings. The zero-order chi connectivity index (χ0) is 23.4. The third kappa shape index (κ3) is 4.60. The number of hydrogen-bond donors (Lipinski definition) is 0. The maximum Gasteiger partial charge on any atom is 0.260 e. The number of rotatable bonds is 7. The van der Waals surface area contributed by atoms with Gasteiger partial charge in [-0.05, 0) is 49.6 Å². The fourth-order valence-electron chi connectivity index (χ4n) is 4.02. The Morgan fingerprint density at radius 3 is 2.45 bits per heavy atom. The molecule has 8 heteroatoms. The third-order valence-electron chi connectivity index (χ3n) is 5.73. The molecule has 2 aromatic carbocycles. The number of carbonyl (C=O) groups excluding carboxylic acids is 2. The number of nitrogens with zero attached hydrogens (tertiary/aromatic N) is 1. The fraction of sp³-hybridized carbons (Fsp3) is 0.360. The molecule has 1 fully saturated rings. The molecule has 0 radical (unpaired) electrons. The largest absolute Gasteiger partial charge is 0.493 e. The molecule has 0 bridgehead atoms. The summed E-state index contributed by atoms with van der Waals surface area (Å²) < 4.78 is 27.7. The van der Waals surface area contributed by atoms with Crippen LogP contribution >= 0.6 is 0 Å². The van der Waals surface area contributed by atoms with E-state index < -0.39 is 0 Å². The first-order valence-electron chi connectivity index (χ1n) is 10.8. The molecular weight excluding hydrogens is 426 g/mol. The summed E-state index contributed by atoms with van der Waals surface area (Å²) in [5.74, 6) is 2.08. The number of amides is 1. The highest BCUT2D eigenvalue weighted by Crippen LogP contribution is 2.42. The number of fused-ring (bicyclic) bond motifs is 1. The van der Waals surface area contributed by atoms with Crippen molar-refractivity contribution < 1.29 is 33.3 Å². The van der Waals surface area contributed by atoms with Crippen LogP contribution in [0.15, 0.2) is 36.1 Å². The molecule has 1 saturated heterocycles. The molecule has 1 amide bonds. The van der Waals surface area contributed by atoms with E-state index in [4.69, 9.17) is 23.7 Å². The molecule has 174 valence electrons. The average Bonchev–Trinajstić information content (AvgIpc) is 3.16. The van der Waals surface area contributed by atoms with Crippen molar-refractivity contribution in [3.63, 3.8) is 0 Å². The molecule has 0 aliphatic carbocycles. The molecule has 0 saturated carbocycles. The van der Waals surface area contributed by atoms with Crippen LogP contribution < -0.4 is 23.7 Å². The topological polar surface area (TPSA) is 83.5 Å². The molecule has 0 aromatic heterocycles. The van der Waals surface area contributed by atoms with Crippen LogP contribution in [0.2, 0.25) is 0 Å². The van der Waals surface area contributed by atoms with Gasteiger partial charge in [-0.25, -0.2) is 0 Å². The highest BCUT2D eigenvalue weighted by molar-refractivity contribution is 6.14. The third-order valence-corrected chi connectivity index (χ3v) is 5.73. The molecule has 0 N–H and O–H groups in total. The summed E-state index contributed by atoms with van der Waals surface area (Å²) >= 11 is 0. The van der Waals surface area contributed by atoms with E-state index in [2.05, 4.69) is 0 Å². The number of methoxy groups -OCH3 is 3. The predicted molar refractivity (Wildman–Crippen MR) is 121 cm³/mol. The lowest BCUT2D eigenvalue weighted by atomic mass is 10.1. The van der Waals surface area contributed by atoms with Crippen molar-refractivity contribution in [3.8, 4) is 28.7 Å².